The lowest BCUT2D eigenvalue weighted by Gasteiger charge is -2.11. The predicted molar refractivity (Wildman–Crippen MR) is 117 cm³/mol. The van der Waals surface area contributed by atoms with E-state index in [1.165, 1.54) is 11.3 Å². The second kappa shape index (κ2) is 10.4. The Bertz CT molecular complexity index is 1100. The van der Waals surface area contributed by atoms with Crippen LogP contribution in [0.4, 0.5) is 18.9 Å². The van der Waals surface area contributed by atoms with Crippen molar-refractivity contribution < 1.29 is 22.8 Å². The lowest BCUT2D eigenvalue weighted by molar-refractivity contribution is -0.137. The lowest BCUT2D eigenvalue weighted by Crippen LogP contribution is -2.25. The number of carbonyl (C=O) groups is 2. The number of amides is 2. The number of halogens is 4. The lowest BCUT2D eigenvalue weighted by atomic mass is 10.2. The van der Waals surface area contributed by atoms with E-state index >= 15 is 0 Å². The Hall–Kier alpha value is -2.57. The fraction of sp³-hybridized carbons (Fsp3) is 0.263. The molecule has 32 heavy (non-hydrogen) atoms. The van der Waals surface area contributed by atoms with Crippen molar-refractivity contribution in [2.75, 3.05) is 17.6 Å². The van der Waals surface area contributed by atoms with Crippen LogP contribution in [0.15, 0.2) is 40.9 Å². The normalized spacial score (nSPS) is 11.4. The highest BCUT2D eigenvalue weighted by Gasteiger charge is 2.31. The standard InChI is InChI=1S/C19H17ClF3N5O2S2/c1-28-15(6-7-24-17(30)14-3-2-8-31-14)26-27-18(28)32-10-16(29)25-13-9-11(19(21,22)23)4-5-12(13)20/h2-5,8-9H,6-7,10H2,1H3,(H,24,30)(H,25,29). The number of thioether (sulfide) groups is 1. The first-order valence-corrected chi connectivity index (χ1v) is 11.4. The zero-order chi connectivity index (χ0) is 23.3. The number of rotatable bonds is 8. The van der Waals surface area contributed by atoms with Crippen molar-refractivity contribution in [2.45, 2.75) is 17.8 Å². The van der Waals surface area contributed by atoms with Crippen molar-refractivity contribution in [3.63, 3.8) is 0 Å². The molecule has 2 N–H and O–H groups in total. The highest BCUT2D eigenvalue weighted by atomic mass is 35.5. The fourth-order valence-electron chi connectivity index (χ4n) is 2.58. The molecule has 0 atom stereocenters. The molecule has 2 amide bonds. The van der Waals surface area contributed by atoms with E-state index in [0.717, 1.165) is 30.0 Å². The number of alkyl halides is 3. The molecule has 3 rings (SSSR count). The van der Waals surface area contributed by atoms with Gasteiger partial charge in [0.05, 0.1) is 26.9 Å². The summed E-state index contributed by atoms with van der Waals surface area (Å²) in [4.78, 5) is 24.8. The second-order valence-corrected chi connectivity index (χ2v) is 8.77. The molecule has 1 aromatic carbocycles. The van der Waals surface area contributed by atoms with E-state index in [1.54, 1.807) is 23.7 Å². The number of hydrogen-bond acceptors (Lipinski definition) is 6. The number of carbonyl (C=O) groups excluding carboxylic acids is 2. The van der Waals surface area contributed by atoms with Gasteiger partial charge in [-0.25, -0.2) is 0 Å². The van der Waals surface area contributed by atoms with Gasteiger partial charge in [-0.2, -0.15) is 13.2 Å². The van der Waals surface area contributed by atoms with Crippen molar-refractivity contribution in [1.82, 2.24) is 20.1 Å². The van der Waals surface area contributed by atoms with Crippen LogP contribution in [0.25, 0.3) is 0 Å². The van der Waals surface area contributed by atoms with Crippen molar-refractivity contribution in [3.8, 4) is 0 Å². The average Bonchev–Trinajstić information content (AvgIpc) is 3.38. The third kappa shape index (κ3) is 6.24. The van der Waals surface area contributed by atoms with Crippen LogP contribution in [0.5, 0.6) is 0 Å². The molecule has 0 radical (unpaired) electrons. The molecule has 0 fully saturated rings. The van der Waals surface area contributed by atoms with Crippen LogP contribution < -0.4 is 10.6 Å². The molecule has 0 spiro atoms. The number of benzene rings is 1. The molecule has 0 bridgehead atoms. The summed E-state index contributed by atoms with van der Waals surface area (Å²) in [5, 5.41) is 15.5. The Labute approximate surface area is 194 Å². The monoisotopic (exact) mass is 503 g/mol. The number of hydrogen-bond donors (Lipinski definition) is 2. The summed E-state index contributed by atoms with van der Waals surface area (Å²) in [6, 6.07) is 6.24. The maximum atomic E-state index is 12.9. The van der Waals surface area contributed by atoms with E-state index in [4.69, 9.17) is 11.6 Å². The minimum atomic E-state index is -4.54. The molecule has 7 nitrogen and oxygen atoms in total. The third-order valence-corrected chi connectivity index (χ3v) is 6.42. The Morgan fingerprint density at radius 3 is 2.72 bits per heavy atom. The van der Waals surface area contributed by atoms with Crippen molar-refractivity contribution in [1.29, 1.82) is 0 Å². The number of anilines is 1. The first-order chi connectivity index (χ1) is 15.1. The van der Waals surface area contributed by atoms with Crippen molar-refractivity contribution in [3.05, 3.63) is 57.0 Å². The van der Waals surface area contributed by atoms with Crippen LogP contribution in [-0.2, 0) is 24.4 Å². The minimum absolute atomic E-state index is 0.00175. The molecular weight excluding hydrogens is 487 g/mol. The van der Waals surface area contributed by atoms with Gasteiger partial charge in [0, 0.05) is 20.0 Å². The van der Waals surface area contributed by atoms with Gasteiger partial charge in [0.1, 0.15) is 5.82 Å². The predicted octanol–water partition coefficient (Wildman–Crippen LogP) is 4.25. The van der Waals surface area contributed by atoms with Crippen LogP contribution >= 0.6 is 34.7 Å². The van der Waals surface area contributed by atoms with Crippen LogP contribution in [0.2, 0.25) is 5.02 Å². The van der Waals surface area contributed by atoms with Gasteiger partial charge >= 0.3 is 6.18 Å². The highest BCUT2D eigenvalue weighted by Crippen LogP contribution is 2.34. The Morgan fingerprint density at radius 2 is 2.03 bits per heavy atom. The molecule has 0 unspecified atom stereocenters. The molecule has 0 aliphatic rings. The van der Waals surface area contributed by atoms with Gasteiger partial charge in [-0.15, -0.1) is 21.5 Å². The minimum Gasteiger partial charge on any atom is -0.351 e. The van der Waals surface area contributed by atoms with E-state index < -0.39 is 17.6 Å². The van der Waals surface area contributed by atoms with Crippen LogP contribution in [0, 0.1) is 0 Å². The summed E-state index contributed by atoms with van der Waals surface area (Å²) in [5.41, 5.74) is -1.03. The maximum absolute atomic E-state index is 12.9. The topological polar surface area (TPSA) is 88.9 Å². The van der Waals surface area contributed by atoms with Gasteiger partial charge in [-0.05, 0) is 29.6 Å². The van der Waals surface area contributed by atoms with E-state index in [9.17, 15) is 22.8 Å². The van der Waals surface area contributed by atoms with Crippen LogP contribution in [0.3, 0.4) is 0 Å². The first kappa shape index (κ1) is 24.1. The summed E-state index contributed by atoms with van der Waals surface area (Å²) in [5.74, 6) is -0.195. The molecular formula is C19H17ClF3N5O2S2. The van der Waals surface area contributed by atoms with Gasteiger partial charge in [0.2, 0.25) is 5.91 Å². The molecule has 0 aliphatic heterocycles. The van der Waals surface area contributed by atoms with Crippen LogP contribution in [-0.4, -0.2) is 38.9 Å². The number of aromatic nitrogens is 3. The SMILES string of the molecule is Cn1c(CCNC(=O)c2cccs2)nnc1SCC(=O)Nc1cc(C(F)(F)F)ccc1Cl. The molecule has 170 valence electrons. The Kier molecular flexibility index (Phi) is 7.80. The van der Waals surface area contributed by atoms with Gasteiger partial charge in [0.15, 0.2) is 5.16 Å². The summed E-state index contributed by atoms with van der Waals surface area (Å²) in [6.45, 7) is 0.363. The number of thiophene rings is 1. The Balaban J connectivity index is 1.51. The fourth-order valence-corrected chi connectivity index (χ4v) is 4.12. The van der Waals surface area contributed by atoms with E-state index in [1.807, 2.05) is 5.38 Å². The van der Waals surface area contributed by atoms with Crippen molar-refractivity contribution >= 4 is 52.2 Å². The zero-order valence-electron chi connectivity index (χ0n) is 16.6. The summed E-state index contributed by atoms with van der Waals surface area (Å²) >= 11 is 8.32. The van der Waals surface area contributed by atoms with E-state index in [-0.39, 0.29) is 22.4 Å². The number of nitrogens with one attached hydrogen (secondary N) is 2. The van der Waals surface area contributed by atoms with Gasteiger partial charge in [-0.1, -0.05) is 29.4 Å². The first-order valence-electron chi connectivity index (χ1n) is 9.14. The summed E-state index contributed by atoms with van der Waals surface area (Å²) < 4.78 is 40.3. The van der Waals surface area contributed by atoms with Gasteiger partial charge in [-0.3, -0.25) is 9.59 Å². The molecule has 13 heteroatoms. The molecule has 2 aromatic heterocycles. The number of nitrogens with zero attached hydrogens (tertiary/aromatic N) is 3. The average molecular weight is 504 g/mol. The molecule has 3 aromatic rings. The largest absolute Gasteiger partial charge is 0.416 e. The van der Waals surface area contributed by atoms with Gasteiger partial charge < -0.3 is 15.2 Å². The van der Waals surface area contributed by atoms with E-state index in [0.29, 0.717) is 28.8 Å². The summed E-state index contributed by atoms with van der Waals surface area (Å²) in [6.07, 6.45) is -4.11. The summed E-state index contributed by atoms with van der Waals surface area (Å²) in [7, 11) is 1.72. The molecule has 0 saturated carbocycles. The Morgan fingerprint density at radius 1 is 1.25 bits per heavy atom. The molecule has 0 saturated heterocycles. The van der Waals surface area contributed by atoms with E-state index in [2.05, 4.69) is 20.8 Å². The third-order valence-electron chi connectivity index (χ3n) is 4.20. The zero-order valence-corrected chi connectivity index (χ0v) is 19.0. The highest BCUT2D eigenvalue weighted by molar-refractivity contribution is 7.99. The maximum Gasteiger partial charge on any atom is 0.416 e. The second-order valence-electron chi connectivity index (χ2n) is 6.47. The quantitative estimate of drug-likeness (QED) is 0.449. The molecule has 2 heterocycles. The smallest absolute Gasteiger partial charge is 0.351 e. The molecule has 0 aliphatic carbocycles. The van der Waals surface area contributed by atoms with Crippen molar-refractivity contribution in [2.24, 2.45) is 7.05 Å². The van der Waals surface area contributed by atoms with Crippen LogP contribution in [0.1, 0.15) is 21.1 Å². The van der Waals surface area contributed by atoms with Gasteiger partial charge in [0.25, 0.3) is 5.91 Å².